The average Bonchev–Trinajstić information content (AvgIpc) is 2.90. The van der Waals surface area contributed by atoms with E-state index in [9.17, 15) is 4.79 Å². The van der Waals surface area contributed by atoms with Crippen LogP contribution in [0, 0.1) is 0 Å². The van der Waals surface area contributed by atoms with E-state index in [4.69, 9.17) is 9.15 Å². The Bertz CT molecular complexity index is 461. The standard InChI is InChI=1S/C10H11N3O3/c1-2-15-10(14)9-4-3-8(16-9)5-13-7-11-6-12-13/h3-4,6-7H,2,5H2,1H3. The van der Waals surface area contributed by atoms with Gasteiger partial charge in [-0.25, -0.2) is 14.5 Å². The smallest absolute Gasteiger partial charge is 0.374 e. The first kappa shape index (κ1) is 10.4. The van der Waals surface area contributed by atoms with Crippen LogP contribution >= 0.6 is 0 Å². The highest BCUT2D eigenvalue weighted by Gasteiger charge is 2.12. The van der Waals surface area contributed by atoms with Gasteiger partial charge in [0.15, 0.2) is 0 Å². The highest BCUT2D eigenvalue weighted by atomic mass is 16.5. The Labute approximate surface area is 91.8 Å². The molecule has 0 fully saturated rings. The molecule has 0 spiro atoms. The van der Waals surface area contributed by atoms with Gasteiger partial charge in [-0.1, -0.05) is 0 Å². The van der Waals surface area contributed by atoms with E-state index in [1.807, 2.05) is 0 Å². The number of esters is 1. The average molecular weight is 221 g/mol. The van der Waals surface area contributed by atoms with Crippen molar-refractivity contribution in [1.82, 2.24) is 14.8 Å². The molecule has 0 radical (unpaired) electrons. The minimum Gasteiger partial charge on any atom is -0.460 e. The van der Waals surface area contributed by atoms with Gasteiger partial charge in [0, 0.05) is 0 Å². The van der Waals surface area contributed by atoms with Gasteiger partial charge in [-0.05, 0) is 19.1 Å². The lowest BCUT2D eigenvalue weighted by Crippen LogP contribution is -2.03. The summed E-state index contributed by atoms with van der Waals surface area (Å²) in [7, 11) is 0. The maximum Gasteiger partial charge on any atom is 0.374 e. The summed E-state index contributed by atoms with van der Waals surface area (Å²) in [4.78, 5) is 15.1. The van der Waals surface area contributed by atoms with E-state index in [2.05, 4.69) is 10.1 Å². The molecule has 0 saturated heterocycles. The summed E-state index contributed by atoms with van der Waals surface area (Å²) in [6.07, 6.45) is 3.02. The summed E-state index contributed by atoms with van der Waals surface area (Å²) in [6.45, 7) is 2.52. The van der Waals surface area contributed by atoms with Gasteiger partial charge < -0.3 is 9.15 Å². The number of hydrogen-bond donors (Lipinski definition) is 0. The van der Waals surface area contributed by atoms with E-state index in [0.717, 1.165) is 0 Å². The fourth-order valence-electron chi connectivity index (χ4n) is 1.25. The van der Waals surface area contributed by atoms with Crippen LogP contribution in [0.1, 0.15) is 23.2 Å². The number of carbonyl (C=O) groups is 1. The Morgan fingerprint density at radius 1 is 1.56 bits per heavy atom. The topological polar surface area (TPSA) is 70.2 Å². The second-order valence-electron chi connectivity index (χ2n) is 3.08. The van der Waals surface area contributed by atoms with Crippen molar-refractivity contribution in [2.24, 2.45) is 0 Å². The first-order valence-corrected chi connectivity index (χ1v) is 4.88. The molecule has 6 heteroatoms. The van der Waals surface area contributed by atoms with Crippen LogP contribution in [0.4, 0.5) is 0 Å². The van der Waals surface area contributed by atoms with Gasteiger partial charge in [0.1, 0.15) is 25.0 Å². The van der Waals surface area contributed by atoms with Crippen LogP contribution < -0.4 is 0 Å². The van der Waals surface area contributed by atoms with E-state index in [1.165, 1.54) is 6.33 Å². The first-order valence-electron chi connectivity index (χ1n) is 4.88. The fraction of sp³-hybridized carbons (Fsp3) is 0.300. The molecule has 0 atom stereocenters. The molecular formula is C10H11N3O3. The Morgan fingerprint density at radius 3 is 3.12 bits per heavy atom. The lowest BCUT2D eigenvalue weighted by molar-refractivity contribution is 0.0488. The fourth-order valence-corrected chi connectivity index (χ4v) is 1.25. The molecule has 0 bridgehead atoms. The molecule has 2 rings (SSSR count). The lowest BCUT2D eigenvalue weighted by Gasteiger charge is -1.98. The minimum atomic E-state index is -0.452. The van der Waals surface area contributed by atoms with E-state index < -0.39 is 5.97 Å². The lowest BCUT2D eigenvalue weighted by atomic mass is 10.4. The Balaban J connectivity index is 2.05. The van der Waals surface area contributed by atoms with Gasteiger partial charge >= 0.3 is 5.97 Å². The maximum absolute atomic E-state index is 11.3. The van der Waals surface area contributed by atoms with Crippen LogP contribution in [-0.2, 0) is 11.3 Å². The predicted molar refractivity (Wildman–Crippen MR) is 53.8 cm³/mol. The first-order chi connectivity index (χ1) is 7.79. The van der Waals surface area contributed by atoms with Gasteiger partial charge in [0.05, 0.1) is 6.61 Å². The molecule has 0 aromatic carbocycles. The summed E-state index contributed by atoms with van der Waals surface area (Å²) in [5.41, 5.74) is 0. The van der Waals surface area contributed by atoms with Crippen LogP contribution in [0.2, 0.25) is 0 Å². The molecular weight excluding hydrogens is 210 g/mol. The number of rotatable bonds is 4. The molecule has 2 aromatic rings. The quantitative estimate of drug-likeness (QED) is 0.723. The van der Waals surface area contributed by atoms with Crippen LogP contribution in [0.5, 0.6) is 0 Å². The van der Waals surface area contributed by atoms with E-state index in [0.29, 0.717) is 18.9 Å². The molecule has 6 nitrogen and oxygen atoms in total. The van der Waals surface area contributed by atoms with Crippen molar-refractivity contribution in [3.63, 3.8) is 0 Å². The van der Waals surface area contributed by atoms with E-state index in [1.54, 1.807) is 30.1 Å². The molecule has 2 aromatic heterocycles. The molecule has 0 N–H and O–H groups in total. The van der Waals surface area contributed by atoms with Crippen molar-refractivity contribution in [2.75, 3.05) is 6.61 Å². The minimum absolute atomic E-state index is 0.206. The van der Waals surface area contributed by atoms with E-state index in [-0.39, 0.29) is 5.76 Å². The van der Waals surface area contributed by atoms with Gasteiger partial charge in [0.25, 0.3) is 0 Å². The van der Waals surface area contributed by atoms with Crippen LogP contribution in [0.15, 0.2) is 29.2 Å². The van der Waals surface area contributed by atoms with Crippen molar-refractivity contribution in [1.29, 1.82) is 0 Å². The third-order valence-corrected chi connectivity index (χ3v) is 1.92. The number of ether oxygens (including phenoxy) is 1. The van der Waals surface area contributed by atoms with Crippen molar-refractivity contribution < 1.29 is 13.9 Å². The number of aromatic nitrogens is 3. The van der Waals surface area contributed by atoms with Gasteiger partial charge in [-0.3, -0.25) is 0 Å². The van der Waals surface area contributed by atoms with Gasteiger partial charge in [-0.2, -0.15) is 5.10 Å². The highest BCUT2D eigenvalue weighted by Crippen LogP contribution is 2.10. The van der Waals surface area contributed by atoms with Crippen molar-refractivity contribution >= 4 is 5.97 Å². The predicted octanol–water partition coefficient (Wildman–Crippen LogP) is 1.10. The highest BCUT2D eigenvalue weighted by molar-refractivity contribution is 5.86. The normalized spacial score (nSPS) is 10.3. The number of carbonyl (C=O) groups excluding carboxylic acids is 1. The molecule has 16 heavy (non-hydrogen) atoms. The molecule has 0 unspecified atom stereocenters. The summed E-state index contributed by atoms with van der Waals surface area (Å²) in [6, 6.07) is 3.30. The summed E-state index contributed by atoms with van der Waals surface area (Å²) in [5, 5.41) is 3.93. The van der Waals surface area contributed by atoms with Gasteiger partial charge in [-0.15, -0.1) is 0 Å². The number of nitrogens with zero attached hydrogens (tertiary/aromatic N) is 3. The Hall–Kier alpha value is -2.11. The van der Waals surface area contributed by atoms with Crippen molar-refractivity contribution in [2.45, 2.75) is 13.5 Å². The zero-order valence-corrected chi connectivity index (χ0v) is 8.79. The maximum atomic E-state index is 11.3. The third-order valence-electron chi connectivity index (χ3n) is 1.92. The van der Waals surface area contributed by atoms with E-state index >= 15 is 0 Å². The van der Waals surface area contributed by atoms with Crippen LogP contribution in [0.25, 0.3) is 0 Å². The van der Waals surface area contributed by atoms with Crippen molar-refractivity contribution in [3.05, 3.63) is 36.3 Å². The zero-order chi connectivity index (χ0) is 11.4. The van der Waals surface area contributed by atoms with Gasteiger partial charge in [0.2, 0.25) is 5.76 Å². The van der Waals surface area contributed by atoms with Crippen molar-refractivity contribution in [3.8, 4) is 0 Å². The molecule has 84 valence electrons. The SMILES string of the molecule is CCOC(=O)c1ccc(Cn2cncn2)o1. The Morgan fingerprint density at radius 2 is 2.44 bits per heavy atom. The molecule has 0 aliphatic carbocycles. The Kier molecular flexibility index (Phi) is 3.00. The molecule has 0 aliphatic rings. The summed E-state index contributed by atoms with van der Waals surface area (Å²) in [5.74, 6) is 0.387. The second-order valence-corrected chi connectivity index (χ2v) is 3.08. The van der Waals surface area contributed by atoms with Crippen LogP contribution in [0.3, 0.4) is 0 Å². The summed E-state index contributed by atoms with van der Waals surface area (Å²) < 4.78 is 11.7. The molecule has 0 aliphatic heterocycles. The zero-order valence-electron chi connectivity index (χ0n) is 8.79. The number of furan rings is 1. The second kappa shape index (κ2) is 4.61. The summed E-state index contributed by atoms with van der Waals surface area (Å²) >= 11 is 0. The third kappa shape index (κ3) is 2.28. The monoisotopic (exact) mass is 221 g/mol. The molecule has 2 heterocycles. The number of hydrogen-bond acceptors (Lipinski definition) is 5. The molecule has 0 saturated carbocycles. The largest absolute Gasteiger partial charge is 0.460 e. The molecule has 0 amide bonds. The van der Waals surface area contributed by atoms with Crippen LogP contribution in [-0.4, -0.2) is 27.3 Å².